The Morgan fingerprint density at radius 3 is 2.31 bits per heavy atom. The van der Waals surface area contributed by atoms with E-state index in [9.17, 15) is 13.2 Å². The van der Waals surface area contributed by atoms with Crippen LogP contribution in [0.2, 0.25) is 0 Å². The first-order valence-corrected chi connectivity index (χ1v) is 12.9. The zero-order valence-corrected chi connectivity index (χ0v) is 20.1. The molecule has 0 unspecified atom stereocenters. The summed E-state index contributed by atoms with van der Waals surface area (Å²) in [5.41, 5.74) is 0.445. The molecular weight excluding hydrogens is 472 g/mol. The monoisotopic (exact) mass is 496 g/mol. The minimum atomic E-state index is -3.37. The molecule has 3 aromatic carbocycles. The second kappa shape index (κ2) is 8.03. The van der Waals surface area contributed by atoms with Crippen LogP contribution in [-0.4, -0.2) is 45.8 Å². The van der Waals surface area contributed by atoms with Gasteiger partial charge in [0.05, 0.1) is 30.4 Å². The fourth-order valence-corrected chi connectivity index (χ4v) is 6.11. The first-order chi connectivity index (χ1) is 16.9. The predicted molar refractivity (Wildman–Crippen MR) is 132 cm³/mol. The molecule has 1 aliphatic carbocycles. The van der Waals surface area contributed by atoms with Gasteiger partial charge in [-0.1, -0.05) is 12.1 Å². The molecule has 9 nitrogen and oxygen atoms in total. The van der Waals surface area contributed by atoms with Crippen molar-refractivity contribution in [1.82, 2.24) is 9.29 Å². The van der Waals surface area contributed by atoms with Gasteiger partial charge in [0.2, 0.25) is 16.8 Å². The van der Waals surface area contributed by atoms with Crippen LogP contribution in [0.4, 0.5) is 0 Å². The minimum Gasteiger partial charge on any atom is -0.493 e. The Bertz CT molecular complexity index is 1670. The number of benzene rings is 3. The second-order valence-corrected chi connectivity index (χ2v) is 10.8. The third-order valence-corrected chi connectivity index (χ3v) is 8.60. The number of nitrogens with zero attached hydrogens (tertiary/aromatic N) is 1. The van der Waals surface area contributed by atoms with Crippen molar-refractivity contribution in [2.75, 3.05) is 27.6 Å². The summed E-state index contributed by atoms with van der Waals surface area (Å²) in [7, 11) is -0.304. The van der Waals surface area contributed by atoms with E-state index in [-0.39, 0.29) is 30.7 Å². The molecular formula is C25H24N2O7S. The van der Waals surface area contributed by atoms with Gasteiger partial charge < -0.3 is 23.5 Å². The summed E-state index contributed by atoms with van der Waals surface area (Å²) in [6.45, 7) is 0.409. The normalized spacial score (nSPS) is 15.3. The van der Waals surface area contributed by atoms with Gasteiger partial charge in [0, 0.05) is 29.2 Å². The zero-order chi connectivity index (χ0) is 24.3. The van der Waals surface area contributed by atoms with Crippen molar-refractivity contribution >= 4 is 42.5 Å². The molecule has 4 aromatic rings. The van der Waals surface area contributed by atoms with Crippen molar-refractivity contribution < 1.29 is 27.4 Å². The third kappa shape index (κ3) is 3.55. The Morgan fingerprint density at radius 2 is 1.63 bits per heavy atom. The standard InChI is InChI=1S/C25H24N2O7S/c1-31-20-11-18-16-6-3-14-9-22-23(34-13-33-22)10-17(14)24(16)27(25(28)19(18)12-21(20)32-2)8-7-26-35(29,30)15-4-5-15/h3,6,9-12,15,26H,4-5,7-8,13H2,1-2H3. The quantitative estimate of drug-likeness (QED) is 0.392. The average Bonchev–Trinajstić information content (AvgIpc) is 3.63. The molecule has 1 saturated carbocycles. The highest BCUT2D eigenvalue weighted by Gasteiger charge is 2.35. The van der Waals surface area contributed by atoms with Crippen LogP contribution in [0.1, 0.15) is 12.8 Å². The number of pyridine rings is 1. The molecule has 2 heterocycles. The van der Waals surface area contributed by atoms with Crippen molar-refractivity contribution in [3.63, 3.8) is 0 Å². The number of hydrogen-bond donors (Lipinski definition) is 1. The highest BCUT2D eigenvalue weighted by Crippen LogP contribution is 2.41. The molecule has 0 atom stereocenters. The van der Waals surface area contributed by atoms with E-state index in [0.29, 0.717) is 46.7 Å². The Morgan fingerprint density at radius 1 is 0.943 bits per heavy atom. The maximum atomic E-state index is 13.8. The van der Waals surface area contributed by atoms with Crippen LogP contribution in [0, 0.1) is 0 Å². The highest BCUT2D eigenvalue weighted by molar-refractivity contribution is 7.90. The van der Waals surface area contributed by atoms with Crippen LogP contribution in [-0.2, 0) is 16.6 Å². The highest BCUT2D eigenvalue weighted by atomic mass is 32.2. The summed E-state index contributed by atoms with van der Waals surface area (Å²) in [5.74, 6) is 2.21. The molecule has 0 saturated heterocycles. The van der Waals surface area contributed by atoms with Crippen molar-refractivity contribution in [2.24, 2.45) is 0 Å². The summed E-state index contributed by atoms with van der Waals surface area (Å²) in [4.78, 5) is 13.8. The van der Waals surface area contributed by atoms with E-state index in [2.05, 4.69) is 4.72 Å². The molecule has 10 heteroatoms. The summed E-state index contributed by atoms with van der Waals surface area (Å²) >= 11 is 0. The number of ether oxygens (including phenoxy) is 4. The van der Waals surface area contributed by atoms with Crippen molar-refractivity contribution in [3.8, 4) is 23.0 Å². The molecule has 35 heavy (non-hydrogen) atoms. The van der Waals surface area contributed by atoms with Crippen LogP contribution in [0.25, 0.3) is 32.4 Å². The molecule has 1 aromatic heterocycles. The maximum Gasteiger partial charge on any atom is 0.259 e. The average molecular weight is 497 g/mol. The van der Waals surface area contributed by atoms with Gasteiger partial charge in [0.25, 0.3) is 5.56 Å². The first-order valence-electron chi connectivity index (χ1n) is 11.3. The zero-order valence-electron chi connectivity index (χ0n) is 19.3. The molecule has 0 amide bonds. The van der Waals surface area contributed by atoms with Gasteiger partial charge in [0.1, 0.15) is 0 Å². The van der Waals surface area contributed by atoms with Gasteiger partial charge in [-0.2, -0.15) is 0 Å². The summed E-state index contributed by atoms with van der Waals surface area (Å²) in [6, 6.07) is 11.2. The van der Waals surface area contributed by atoms with Gasteiger partial charge in [-0.25, -0.2) is 13.1 Å². The fraction of sp³-hybridized carbons (Fsp3) is 0.320. The smallest absolute Gasteiger partial charge is 0.259 e. The number of rotatable bonds is 7. The molecule has 0 spiro atoms. The van der Waals surface area contributed by atoms with Gasteiger partial charge in [-0.05, 0) is 42.5 Å². The van der Waals surface area contributed by atoms with E-state index in [4.69, 9.17) is 18.9 Å². The van der Waals surface area contributed by atoms with E-state index >= 15 is 0 Å². The van der Waals surface area contributed by atoms with E-state index in [0.717, 1.165) is 21.5 Å². The van der Waals surface area contributed by atoms with Crippen molar-refractivity contribution in [1.29, 1.82) is 0 Å². The van der Waals surface area contributed by atoms with Crippen LogP contribution < -0.4 is 29.2 Å². The summed E-state index contributed by atoms with van der Waals surface area (Å²) in [5, 5.41) is 3.37. The van der Waals surface area contributed by atoms with Crippen LogP contribution in [0.3, 0.4) is 0 Å². The molecule has 6 rings (SSSR count). The minimum absolute atomic E-state index is 0.105. The number of nitrogens with one attached hydrogen (secondary N) is 1. The van der Waals surface area contributed by atoms with Gasteiger partial charge in [-0.3, -0.25) is 4.79 Å². The number of hydrogen-bond acceptors (Lipinski definition) is 7. The van der Waals surface area contributed by atoms with Gasteiger partial charge >= 0.3 is 0 Å². The second-order valence-electron chi connectivity index (χ2n) is 8.74. The lowest BCUT2D eigenvalue weighted by atomic mass is 10.00. The van der Waals surface area contributed by atoms with Crippen LogP contribution in [0.5, 0.6) is 23.0 Å². The van der Waals surface area contributed by atoms with Crippen LogP contribution >= 0.6 is 0 Å². The van der Waals surface area contributed by atoms with E-state index in [1.165, 1.54) is 7.11 Å². The Hall–Kier alpha value is -3.50. The van der Waals surface area contributed by atoms with E-state index in [1.54, 1.807) is 23.8 Å². The molecule has 0 bridgehead atoms. The molecule has 1 aliphatic heterocycles. The van der Waals surface area contributed by atoms with Crippen LogP contribution in [0.15, 0.2) is 41.2 Å². The molecule has 0 radical (unpaired) electrons. The maximum absolute atomic E-state index is 13.8. The largest absolute Gasteiger partial charge is 0.493 e. The summed E-state index contributed by atoms with van der Waals surface area (Å²) in [6.07, 6.45) is 1.35. The molecule has 1 N–H and O–H groups in total. The lowest BCUT2D eigenvalue weighted by Gasteiger charge is -2.17. The Labute approximate surface area is 201 Å². The Balaban J connectivity index is 1.62. The lowest BCUT2D eigenvalue weighted by molar-refractivity contribution is 0.174. The summed E-state index contributed by atoms with van der Waals surface area (Å²) < 4.78 is 51.1. The number of aromatic nitrogens is 1. The Kier molecular flexibility index (Phi) is 5.05. The number of methoxy groups -OCH3 is 2. The predicted octanol–water partition coefficient (Wildman–Crippen LogP) is 3.14. The third-order valence-electron chi connectivity index (χ3n) is 6.65. The SMILES string of the molecule is COc1cc2c(=O)n(CCNS(=O)(=O)C3CC3)c3c4cc5c(cc4ccc3c2cc1OC)OCO5. The van der Waals surface area contributed by atoms with Crippen molar-refractivity contribution in [2.45, 2.75) is 24.6 Å². The lowest BCUT2D eigenvalue weighted by Crippen LogP contribution is -2.33. The molecule has 2 aliphatic rings. The van der Waals surface area contributed by atoms with Gasteiger partial charge in [0.15, 0.2) is 23.0 Å². The van der Waals surface area contributed by atoms with Gasteiger partial charge in [-0.15, -0.1) is 0 Å². The first kappa shape index (κ1) is 22.0. The number of sulfonamides is 1. The number of fused-ring (bicyclic) bond motifs is 6. The van der Waals surface area contributed by atoms with Crippen molar-refractivity contribution in [3.05, 3.63) is 46.8 Å². The topological polar surface area (TPSA) is 105 Å². The molecule has 182 valence electrons. The van der Waals surface area contributed by atoms with E-state index in [1.807, 2.05) is 24.3 Å². The fourth-order valence-electron chi connectivity index (χ4n) is 4.74. The van der Waals surface area contributed by atoms with E-state index < -0.39 is 10.0 Å². The molecule has 1 fully saturated rings.